The van der Waals surface area contributed by atoms with Crippen molar-refractivity contribution in [3.8, 4) is 0 Å². The van der Waals surface area contributed by atoms with E-state index in [0.717, 1.165) is 12.1 Å². The first-order valence-electron chi connectivity index (χ1n) is 4.84. The molecule has 1 heterocycles. The second-order valence-electron chi connectivity index (χ2n) is 3.90. The molecule has 0 amide bonds. The zero-order chi connectivity index (χ0) is 9.47. The molecule has 0 radical (unpaired) electrons. The molecule has 0 N–H and O–H groups in total. The predicted molar refractivity (Wildman–Crippen MR) is 56.9 cm³/mol. The van der Waals surface area contributed by atoms with Crippen LogP contribution in [0.25, 0.3) is 0 Å². The summed E-state index contributed by atoms with van der Waals surface area (Å²) in [6, 6.07) is 8.44. The third kappa shape index (κ3) is 1.03. The second kappa shape index (κ2) is 2.69. The summed E-state index contributed by atoms with van der Waals surface area (Å²) < 4.78 is 0. The molecular formula is C12H15N. The molecule has 1 aliphatic rings. The van der Waals surface area contributed by atoms with E-state index in [4.69, 9.17) is 0 Å². The van der Waals surface area contributed by atoms with Crippen LogP contribution in [0.3, 0.4) is 0 Å². The fourth-order valence-corrected chi connectivity index (χ4v) is 1.98. The van der Waals surface area contributed by atoms with Gasteiger partial charge in [0.2, 0.25) is 0 Å². The Morgan fingerprint density at radius 2 is 2.00 bits per heavy atom. The largest absolute Gasteiger partial charge is 0.257 e. The van der Waals surface area contributed by atoms with Crippen molar-refractivity contribution in [3.05, 3.63) is 29.8 Å². The normalized spacial score (nSPS) is 25.6. The molecule has 1 aromatic rings. The summed E-state index contributed by atoms with van der Waals surface area (Å²) in [4.78, 5) is 4.59. The molecular weight excluding hydrogens is 158 g/mol. The molecule has 0 aliphatic carbocycles. The van der Waals surface area contributed by atoms with Gasteiger partial charge in [0.05, 0.1) is 5.69 Å². The van der Waals surface area contributed by atoms with Gasteiger partial charge in [0.1, 0.15) is 0 Å². The third-order valence-electron chi connectivity index (χ3n) is 3.29. The Hall–Kier alpha value is -1.11. The minimum absolute atomic E-state index is 0.177. The second-order valence-corrected chi connectivity index (χ2v) is 3.90. The van der Waals surface area contributed by atoms with Crippen molar-refractivity contribution >= 4 is 11.4 Å². The molecule has 0 bridgehead atoms. The summed E-state index contributed by atoms with van der Waals surface area (Å²) in [5.74, 6) is 0. The van der Waals surface area contributed by atoms with Crippen LogP contribution >= 0.6 is 0 Å². The number of fused-ring (bicyclic) bond motifs is 1. The Morgan fingerprint density at radius 1 is 1.31 bits per heavy atom. The van der Waals surface area contributed by atoms with Gasteiger partial charge >= 0.3 is 0 Å². The molecule has 13 heavy (non-hydrogen) atoms. The lowest BCUT2D eigenvalue weighted by Gasteiger charge is -2.23. The van der Waals surface area contributed by atoms with Crippen LogP contribution in [0.4, 0.5) is 5.69 Å². The Kier molecular flexibility index (Phi) is 1.76. The van der Waals surface area contributed by atoms with Gasteiger partial charge in [-0.3, -0.25) is 4.99 Å². The van der Waals surface area contributed by atoms with Crippen LogP contribution in [0.5, 0.6) is 0 Å². The van der Waals surface area contributed by atoms with Crippen LogP contribution in [0.1, 0.15) is 32.8 Å². The van der Waals surface area contributed by atoms with Crippen molar-refractivity contribution < 1.29 is 0 Å². The Bertz CT molecular complexity index is 365. The van der Waals surface area contributed by atoms with E-state index in [0.29, 0.717) is 0 Å². The summed E-state index contributed by atoms with van der Waals surface area (Å²) in [5, 5.41) is 0. The van der Waals surface area contributed by atoms with E-state index in [9.17, 15) is 0 Å². The number of aliphatic imine (C=N–C) groups is 1. The van der Waals surface area contributed by atoms with Crippen molar-refractivity contribution in [3.63, 3.8) is 0 Å². The molecule has 0 fully saturated rings. The molecule has 1 atom stereocenters. The first-order chi connectivity index (χ1) is 6.18. The summed E-state index contributed by atoms with van der Waals surface area (Å²) >= 11 is 0. The van der Waals surface area contributed by atoms with E-state index in [1.807, 2.05) is 0 Å². The lowest BCUT2D eigenvalue weighted by molar-refractivity contribution is 0.624. The maximum Gasteiger partial charge on any atom is 0.0670 e. The smallest absolute Gasteiger partial charge is 0.0670 e. The van der Waals surface area contributed by atoms with E-state index in [2.05, 4.69) is 50.0 Å². The molecule has 2 rings (SSSR count). The van der Waals surface area contributed by atoms with Crippen molar-refractivity contribution in [2.24, 2.45) is 4.99 Å². The Balaban J connectivity index is 2.61. The van der Waals surface area contributed by atoms with Gasteiger partial charge in [-0.25, -0.2) is 0 Å². The molecule has 0 aromatic heterocycles. The van der Waals surface area contributed by atoms with E-state index >= 15 is 0 Å². The fourth-order valence-electron chi connectivity index (χ4n) is 1.98. The zero-order valence-corrected chi connectivity index (χ0v) is 8.46. The standard InChI is InChI=1S/C12H15N/c1-4-12(3)9(2)13-11-8-6-5-7-10(11)12/h5-8H,4H2,1-3H3. The van der Waals surface area contributed by atoms with Crippen LogP contribution in [0.2, 0.25) is 0 Å². The highest BCUT2D eigenvalue weighted by Gasteiger charge is 2.34. The van der Waals surface area contributed by atoms with Crippen LogP contribution in [-0.2, 0) is 5.41 Å². The van der Waals surface area contributed by atoms with Crippen molar-refractivity contribution in [1.29, 1.82) is 0 Å². The number of hydrogen-bond donors (Lipinski definition) is 0. The minimum atomic E-state index is 0.177. The lowest BCUT2D eigenvalue weighted by Crippen LogP contribution is -2.26. The van der Waals surface area contributed by atoms with E-state index < -0.39 is 0 Å². The van der Waals surface area contributed by atoms with Crippen LogP contribution in [0.15, 0.2) is 29.3 Å². The summed E-state index contributed by atoms with van der Waals surface area (Å²) in [7, 11) is 0. The van der Waals surface area contributed by atoms with Gasteiger partial charge < -0.3 is 0 Å². The maximum absolute atomic E-state index is 4.59. The first-order valence-corrected chi connectivity index (χ1v) is 4.84. The van der Waals surface area contributed by atoms with Crippen LogP contribution < -0.4 is 0 Å². The molecule has 0 saturated carbocycles. The summed E-state index contributed by atoms with van der Waals surface area (Å²) in [6.07, 6.45) is 1.12. The maximum atomic E-state index is 4.59. The van der Waals surface area contributed by atoms with Gasteiger partial charge in [0.15, 0.2) is 0 Å². The Morgan fingerprint density at radius 3 is 2.69 bits per heavy atom. The van der Waals surface area contributed by atoms with Gasteiger partial charge in [-0.1, -0.05) is 32.0 Å². The van der Waals surface area contributed by atoms with Crippen molar-refractivity contribution in [1.82, 2.24) is 0 Å². The quantitative estimate of drug-likeness (QED) is 0.616. The first kappa shape index (κ1) is 8.49. The molecule has 1 unspecified atom stereocenters. The van der Waals surface area contributed by atoms with Crippen LogP contribution in [-0.4, -0.2) is 5.71 Å². The summed E-state index contributed by atoms with van der Waals surface area (Å²) in [5.41, 5.74) is 3.96. The van der Waals surface area contributed by atoms with Gasteiger partial charge in [-0.15, -0.1) is 0 Å². The van der Waals surface area contributed by atoms with E-state index in [1.54, 1.807) is 0 Å². The van der Waals surface area contributed by atoms with Crippen LogP contribution in [0, 0.1) is 0 Å². The number of nitrogens with zero attached hydrogens (tertiary/aromatic N) is 1. The molecule has 1 nitrogen and oxygen atoms in total. The number of rotatable bonds is 1. The lowest BCUT2D eigenvalue weighted by atomic mass is 9.78. The zero-order valence-electron chi connectivity index (χ0n) is 8.46. The summed E-state index contributed by atoms with van der Waals surface area (Å²) in [6.45, 7) is 6.63. The van der Waals surface area contributed by atoms with E-state index in [-0.39, 0.29) is 5.41 Å². The number of hydrogen-bond acceptors (Lipinski definition) is 1. The SMILES string of the molecule is CCC1(C)C(C)=Nc2ccccc21. The molecule has 1 heteroatoms. The topological polar surface area (TPSA) is 12.4 Å². The molecule has 68 valence electrons. The fraction of sp³-hybridized carbons (Fsp3) is 0.417. The third-order valence-corrected chi connectivity index (χ3v) is 3.29. The molecule has 0 saturated heterocycles. The molecule has 1 aromatic carbocycles. The molecule has 1 aliphatic heterocycles. The molecule has 0 spiro atoms. The average Bonchev–Trinajstić information content (AvgIpc) is 2.41. The van der Waals surface area contributed by atoms with Crippen molar-refractivity contribution in [2.75, 3.05) is 0 Å². The van der Waals surface area contributed by atoms with Gasteiger partial charge in [-0.05, 0) is 25.0 Å². The predicted octanol–water partition coefficient (Wildman–Crippen LogP) is 3.46. The highest BCUT2D eigenvalue weighted by atomic mass is 14.8. The van der Waals surface area contributed by atoms with Gasteiger partial charge in [0, 0.05) is 11.1 Å². The number of benzene rings is 1. The van der Waals surface area contributed by atoms with E-state index in [1.165, 1.54) is 11.3 Å². The Labute approximate surface area is 79.5 Å². The average molecular weight is 173 g/mol. The highest BCUT2D eigenvalue weighted by molar-refractivity contribution is 5.99. The highest BCUT2D eigenvalue weighted by Crippen LogP contribution is 2.41. The number of para-hydroxylation sites is 1. The van der Waals surface area contributed by atoms with Gasteiger partial charge in [-0.2, -0.15) is 0 Å². The monoisotopic (exact) mass is 173 g/mol. The van der Waals surface area contributed by atoms with Gasteiger partial charge in [0.25, 0.3) is 0 Å². The minimum Gasteiger partial charge on any atom is -0.257 e. The van der Waals surface area contributed by atoms with Crippen molar-refractivity contribution in [2.45, 2.75) is 32.6 Å².